The van der Waals surface area contributed by atoms with Gasteiger partial charge in [0.05, 0.1) is 11.5 Å². The average molecular weight is 354 g/mol. The van der Waals surface area contributed by atoms with Gasteiger partial charge in [0.1, 0.15) is 0 Å². The highest BCUT2D eigenvalue weighted by atomic mass is 16.4. The molecule has 0 aliphatic carbocycles. The number of rotatable bonds is 4. The first-order chi connectivity index (χ1) is 12.3. The third kappa shape index (κ3) is 3.02. The van der Waals surface area contributed by atoms with Crippen molar-refractivity contribution in [1.29, 1.82) is 0 Å². The number of aromatic nitrogens is 1. The number of likely N-dealkylation sites (tertiary alicyclic amines) is 1. The van der Waals surface area contributed by atoms with Crippen molar-refractivity contribution < 1.29 is 14.7 Å². The van der Waals surface area contributed by atoms with Crippen LogP contribution in [0, 0.1) is 26.7 Å². The van der Waals surface area contributed by atoms with E-state index in [0.717, 1.165) is 29.1 Å². The van der Waals surface area contributed by atoms with E-state index in [4.69, 9.17) is 0 Å². The Morgan fingerprint density at radius 1 is 1.15 bits per heavy atom. The van der Waals surface area contributed by atoms with E-state index in [9.17, 15) is 14.7 Å². The molecule has 0 bridgehead atoms. The van der Waals surface area contributed by atoms with Gasteiger partial charge in [-0.05, 0) is 44.9 Å². The number of hydrogen-bond acceptors (Lipinski definition) is 2. The Labute approximate surface area is 154 Å². The molecule has 1 amide bonds. The molecule has 26 heavy (non-hydrogen) atoms. The Bertz CT molecular complexity index is 853. The van der Waals surface area contributed by atoms with Crippen LogP contribution in [0.25, 0.3) is 0 Å². The van der Waals surface area contributed by atoms with E-state index in [-0.39, 0.29) is 18.4 Å². The van der Waals surface area contributed by atoms with Crippen molar-refractivity contribution >= 4 is 11.9 Å². The molecule has 1 aliphatic rings. The maximum atomic E-state index is 13.1. The summed E-state index contributed by atoms with van der Waals surface area (Å²) < 4.78 is 2.11. The quantitative estimate of drug-likeness (QED) is 0.916. The molecule has 1 N–H and O–H groups in total. The van der Waals surface area contributed by atoms with Gasteiger partial charge in [0.2, 0.25) is 0 Å². The number of benzene rings is 1. The van der Waals surface area contributed by atoms with Gasteiger partial charge in [0.15, 0.2) is 0 Å². The zero-order valence-corrected chi connectivity index (χ0v) is 15.8. The maximum Gasteiger partial charge on any atom is 0.308 e. The minimum atomic E-state index is -0.840. The summed E-state index contributed by atoms with van der Waals surface area (Å²) in [6, 6.07) is 9.77. The molecule has 1 aromatic heterocycles. The molecule has 3 rings (SSSR count). The lowest BCUT2D eigenvalue weighted by Crippen LogP contribution is -2.30. The molecule has 1 aromatic carbocycles. The Kier molecular flexibility index (Phi) is 4.90. The predicted octanol–water partition coefficient (Wildman–Crippen LogP) is 3.37. The number of hydrogen-bond donors (Lipinski definition) is 1. The van der Waals surface area contributed by atoms with Crippen LogP contribution in [0.5, 0.6) is 0 Å². The van der Waals surface area contributed by atoms with Crippen molar-refractivity contribution in [3.63, 3.8) is 0 Å². The number of carboxylic acids is 1. The van der Waals surface area contributed by atoms with Crippen LogP contribution in [0.1, 0.15) is 45.7 Å². The Morgan fingerprint density at radius 3 is 2.42 bits per heavy atom. The zero-order valence-electron chi connectivity index (χ0n) is 15.8. The largest absolute Gasteiger partial charge is 0.481 e. The van der Waals surface area contributed by atoms with Crippen molar-refractivity contribution in [2.45, 2.75) is 40.2 Å². The number of carbonyl (C=O) groups excluding carboxylic acids is 1. The van der Waals surface area contributed by atoms with Gasteiger partial charge >= 0.3 is 5.97 Å². The lowest BCUT2D eigenvalue weighted by atomic mass is 9.86. The van der Waals surface area contributed by atoms with Crippen LogP contribution < -0.4 is 0 Å². The molecule has 1 aliphatic heterocycles. The zero-order chi connectivity index (χ0) is 19.0. The van der Waals surface area contributed by atoms with E-state index in [0.29, 0.717) is 12.1 Å². The molecule has 0 unspecified atom stereocenters. The van der Waals surface area contributed by atoms with E-state index < -0.39 is 11.9 Å². The number of aryl methyl sites for hydroxylation is 2. The van der Waals surface area contributed by atoms with Gasteiger partial charge in [-0.2, -0.15) is 0 Å². The van der Waals surface area contributed by atoms with Crippen LogP contribution in [-0.2, 0) is 11.3 Å². The Hall–Kier alpha value is -2.56. The molecule has 5 heteroatoms. The van der Waals surface area contributed by atoms with Crippen LogP contribution in [0.3, 0.4) is 0 Å². The van der Waals surface area contributed by atoms with Crippen molar-refractivity contribution in [2.24, 2.45) is 5.92 Å². The smallest absolute Gasteiger partial charge is 0.308 e. The first kappa shape index (κ1) is 18.2. The molecule has 1 fully saturated rings. The van der Waals surface area contributed by atoms with Gasteiger partial charge < -0.3 is 14.6 Å². The highest BCUT2D eigenvalue weighted by Crippen LogP contribution is 2.35. The first-order valence-corrected chi connectivity index (χ1v) is 9.09. The van der Waals surface area contributed by atoms with Gasteiger partial charge in [-0.1, -0.05) is 24.3 Å². The molecule has 2 heterocycles. The molecule has 0 saturated carbocycles. The van der Waals surface area contributed by atoms with Gasteiger partial charge in [-0.15, -0.1) is 0 Å². The van der Waals surface area contributed by atoms with Gasteiger partial charge in [0.25, 0.3) is 5.91 Å². The fourth-order valence-corrected chi connectivity index (χ4v) is 4.21. The third-order valence-corrected chi connectivity index (χ3v) is 5.63. The van der Waals surface area contributed by atoms with Gasteiger partial charge in [0, 0.05) is 36.9 Å². The second-order valence-electron chi connectivity index (χ2n) is 7.15. The molecule has 2 aromatic rings. The molecule has 5 nitrogen and oxygen atoms in total. The van der Waals surface area contributed by atoms with E-state index in [1.54, 1.807) is 4.90 Å². The Balaban J connectivity index is 1.92. The number of carbonyl (C=O) groups is 2. The predicted molar refractivity (Wildman–Crippen MR) is 101 cm³/mol. The topological polar surface area (TPSA) is 62.5 Å². The monoisotopic (exact) mass is 354 g/mol. The van der Waals surface area contributed by atoms with Crippen molar-refractivity contribution in [1.82, 2.24) is 9.47 Å². The maximum absolute atomic E-state index is 13.1. The molecule has 138 valence electrons. The summed E-state index contributed by atoms with van der Waals surface area (Å²) in [5.41, 5.74) is 4.77. The van der Waals surface area contributed by atoms with Crippen molar-refractivity contribution in [3.8, 4) is 0 Å². The highest BCUT2D eigenvalue weighted by molar-refractivity contribution is 5.96. The van der Waals surface area contributed by atoms with E-state index in [1.165, 1.54) is 0 Å². The summed E-state index contributed by atoms with van der Waals surface area (Å²) in [6.45, 7) is 9.50. The molecule has 0 spiro atoms. The first-order valence-electron chi connectivity index (χ1n) is 9.09. The molecular formula is C21H26N2O3. The Morgan fingerprint density at radius 2 is 1.85 bits per heavy atom. The molecular weight excluding hydrogens is 328 g/mol. The SMILES string of the molecule is CCn1c(C)cc(C(=O)N2C[C@H](C(=O)O)[C@@H](c3ccccc3C)C2)c1C. The number of nitrogens with zero attached hydrogens (tertiary/aromatic N) is 2. The van der Waals surface area contributed by atoms with E-state index >= 15 is 0 Å². The van der Waals surface area contributed by atoms with E-state index in [2.05, 4.69) is 11.5 Å². The molecule has 0 radical (unpaired) electrons. The van der Waals surface area contributed by atoms with Crippen LogP contribution in [0.2, 0.25) is 0 Å². The number of aliphatic carboxylic acids is 1. The summed E-state index contributed by atoms with van der Waals surface area (Å²) in [6.07, 6.45) is 0. The van der Waals surface area contributed by atoms with Crippen LogP contribution >= 0.6 is 0 Å². The standard InChI is InChI=1S/C21H26N2O3/c1-5-23-14(3)10-17(15(23)4)20(24)22-11-18(19(12-22)21(25)26)16-9-7-6-8-13(16)2/h6-10,18-19H,5,11-12H2,1-4H3,(H,25,26)/t18-,19+/m1/s1. The summed E-state index contributed by atoms with van der Waals surface area (Å²) in [5, 5.41) is 9.70. The second kappa shape index (κ2) is 6.98. The third-order valence-electron chi connectivity index (χ3n) is 5.63. The van der Waals surface area contributed by atoms with Crippen LogP contribution in [-0.4, -0.2) is 39.5 Å². The summed E-state index contributed by atoms with van der Waals surface area (Å²) >= 11 is 0. The minimum absolute atomic E-state index is 0.0693. The molecule has 1 saturated heterocycles. The lowest BCUT2D eigenvalue weighted by Gasteiger charge is -2.18. The lowest BCUT2D eigenvalue weighted by molar-refractivity contribution is -0.141. The molecule has 2 atom stereocenters. The summed E-state index contributed by atoms with van der Waals surface area (Å²) in [4.78, 5) is 26.6. The van der Waals surface area contributed by atoms with Gasteiger partial charge in [-0.3, -0.25) is 9.59 Å². The fourth-order valence-electron chi connectivity index (χ4n) is 4.21. The van der Waals surface area contributed by atoms with Crippen molar-refractivity contribution in [3.05, 3.63) is 58.4 Å². The van der Waals surface area contributed by atoms with E-state index in [1.807, 2.05) is 51.1 Å². The summed E-state index contributed by atoms with van der Waals surface area (Å²) in [7, 11) is 0. The van der Waals surface area contributed by atoms with Gasteiger partial charge in [-0.25, -0.2) is 0 Å². The summed E-state index contributed by atoms with van der Waals surface area (Å²) in [5.74, 6) is -1.66. The number of carboxylic acid groups (broad SMARTS) is 1. The fraction of sp³-hybridized carbons (Fsp3) is 0.429. The van der Waals surface area contributed by atoms with Crippen molar-refractivity contribution in [2.75, 3.05) is 13.1 Å². The number of amides is 1. The average Bonchev–Trinajstić information content (AvgIpc) is 3.16. The van der Waals surface area contributed by atoms with Crippen LogP contribution in [0.15, 0.2) is 30.3 Å². The normalized spacial score (nSPS) is 19.8. The highest BCUT2D eigenvalue weighted by Gasteiger charge is 2.41. The minimum Gasteiger partial charge on any atom is -0.481 e. The van der Waals surface area contributed by atoms with Crippen LogP contribution in [0.4, 0.5) is 0 Å². The second-order valence-corrected chi connectivity index (χ2v) is 7.15.